The summed E-state index contributed by atoms with van der Waals surface area (Å²) in [7, 11) is 0. The van der Waals surface area contributed by atoms with Gasteiger partial charge in [0.1, 0.15) is 5.82 Å². The normalized spacial score (nSPS) is 13.1. The Morgan fingerprint density at radius 3 is 2.60 bits per heavy atom. The second-order valence-electron chi connectivity index (χ2n) is 5.99. The Hall–Kier alpha value is -2.89. The molecule has 1 aliphatic heterocycles. The van der Waals surface area contributed by atoms with Crippen molar-refractivity contribution in [3.63, 3.8) is 0 Å². The van der Waals surface area contributed by atoms with E-state index >= 15 is 0 Å². The number of rotatable bonds is 5. The second kappa shape index (κ2) is 7.79. The molecule has 0 aromatic heterocycles. The van der Waals surface area contributed by atoms with Gasteiger partial charge in [0, 0.05) is 17.9 Å². The first kappa shape index (κ1) is 17.0. The summed E-state index contributed by atoms with van der Waals surface area (Å²) in [6, 6.07) is 13.5. The minimum atomic E-state index is -0.367. The highest BCUT2D eigenvalue weighted by molar-refractivity contribution is 5.95. The van der Waals surface area contributed by atoms with E-state index in [4.69, 9.17) is 0 Å². The summed E-state index contributed by atoms with van der Waals surface area (Å²) < 4.78 is 12.8. The molecule has 0 saturated heterocycles. The molecule has 0 atom stereocenters. The first-order valence-electron chi connectivity index (χ1n) is 8.27. The molecule has 0 unspecified atom stereocenters. The Kier molecular flexibility index (Phi) is 5.28. The fraction of sp³-hybridized carbons (Fsp3) is 0.263. The van der Waals surface area contributed by atoms with Gasteiger partial charge in [-0.05, 0) is 48.7 Å². The Balaban J connectivity index is 1.48. The topological polar surface area (TPSA) is 61.4 Å². The number of para-hydroxylation sites is 1. The van der Waals surface area contributed by atoms with Gasteiger partial charge < -0.3 is 15.5 Å². The van der Waals surface area contributed by atoms with E-state index in [2.05, 4.69) is 16.7 Å². The van der Waals surface area contributed by atoms with E-state index in [1.165, 1.54) is 29.8 Å². The van der Waals surface area contributed by atoms with Gasteiger partial charge in [-0.2, -0.15) is 0 Å². The molecule has 3 rings (SSSR count). The lowest BCUT2D eigenvalue weighted by atomic mass is 10.0. The van der Waals surface area contributed by atoms with Crippen LogP contribution in [0.5, 0.6) is 0 Å². The highest BCUT2D eigenvalue weighted by Gasteiger charge is 2.18. The molecule has 25 heavy (non-hydrogen) atoms. The van der Waals surface area contributed by atoms with Crippen LogP contribution in [0.25, 0.3) is 0 Å². The number of hydrogen-bond donors (Lipinski definition) is 2. The first-order chi connectivity index (χ1) is 12.1. The fourth-order valence-electron chi connectivity index (χ4n) is 2.92. The lowest BCUT2D eigenvalue weighted by Crippen LogP contribution is -2.42. The van der Waals surface area contributed by atoms with Gasteiger partial charge in [0.15, 0.2) is 0 Å². The van der Waals surface area contributed by atoms with E-state index in [0.717, 1.165) is 25.1 Å². The van der Waals surface area contributed by atoms with Crippen LogP contribution in [0.2, 0.25) is 0 Å². The zero-order valence-corrected chi connectivity index (χ0v) is 13.8. The number of anilines is 2. The summed E-state index contributed by atoms with van der Waals surface area (Å²) in [4.78, 5) is 26.0. The molecule has 1 heterocycles. The molecule has 2 aromatic rings. The van der Waals surface area contributed by atoms with Gasteiger partial charge in [0.2, 0.25) is 11.8 Å². The van der Waals surface area contributed by atoms with Crippen LogP contribution in [0.15, 0.2) is 48.5 Å². The van der Waals surface area contributed by atoms with E-state index < -0.39 is 0 Å². The average molecular weight is 341 g/mol. The van der Waals surface area contributed by atoms with Gasteiger partial charge in [-0.1, -0.05) is 18.2 Å². The first-order valence-corrected chi connectivity index (χ1v) is 8.27. The minimum Gasteiger partial charge on any atom is -0.362 e. The summed E-state index contributed by atoms with van der Waals surface area (Å²) in [6.45, 7) is 0.929. The molecule has 0 aliphatic carbocycles. The zero-order chi connectivity index (χ0) is 17.6. The smallest absolute Gasteiger partial charge is 0.243 e. The van der Waals surface area contributed by atoms with Gasteiger partial charge in [0.05, 0.1) is 13.1 Å². The van der Waals surface area contributed by atoms with Crippen molar-refractivity contribution in [3.05, 3.63) is 59.9 Å². The number of carbonyl (C=O) groups is 2. The van der Waals surface area contributed by atoms with Crippen molar-refractivity contribution in [1.82, 2.24) is 5.32 Å². The Labute approximate surface area is 145 Å². The Bertz CT molecular complexity index is 762. The van der Waals surface area contributed by atoms with Gasteiger partial charge >= 0.3 is 0 Å². The number of halogens is 1. The Morgan fingerprint density at radius 2 is 1.80 bits per heavy atom. The van der Waals surface area contributed by atoms with E-state index in [0.29, 0.717) is 5.69 Å². The quantitative estimate of drug-likeness (QED) is 0.877. The maximum Gasteiger partial charge on any atom is 0.243 e. The van der Waals surface area contributed by atoms with Crippen LogP contribution in [0.1, 0.15) is 12.0 Å². The SMILES string of the molecule is O=C(CN1CCCc2ccccc21)NCC(=O)Nc1ccc(F)cc1. The summed E-state index contributed by atoms with van der Waals surface area (Å²) in [6.07, 6.45) is 2.03. The van der Waals surface area contributed by atoms with Crippen LogP contribution in [-0.4, -0.2) is 31.4 Å². The number of nitrogens with zero attached hydrogens (tertiary/aromatic N) is 1. The predicted octanol–water partition coefficient (Wildman–Crippen LogP) is 2.33. The highest BCUT2D eigenvalue weighted by Crippen LogP contribution is 2.26. The fourth-order valence-corrected chi connectivity index (χ4v) is 2.92. The number of carbonyl (C=O) groups excluding carboxylic acids is 2. The summed E-state index contributed by atoms with van der Waals surface area (Å²) in [5.41, 5.74) is 2.82. The lowest BCUT2D eigenvalue weighted by Gasteiger charge is -2.30. The van der Waals surface area contributed by atoms with Crippen LogP contribution >= 0.6 is 0 Å². The molecule has 130 valence electrons. The van der Waals surface area contributed by atoms with Crippen LogP contribution in [0, 0.1) is 5.82 Å². The molecular formula is C19H20FN3O2. The van der Waals surface area contributed by atoms with Gasteiger partial charge in [-0.25, -0.2) is 4.39 Å². The molecule has 6 heteroatoms. The Morgan fingerprint density at radius 1 is 1.04 bits per heavy atom. The minimum absolute atomic E-state index is 0.119. The van der Waals surface area contributed by atoms with Crippen LogP contribution < -0.4 is 15.5 Å². The van der Waals surface area contributed by atoms with Gasteiger partial charge in [-0.15, -0.1) is 0 Å². The number of nitrogens with one attached hydrogen (secondary N) is 2. The van der Waals surface area contributed by atoms with Crippen molar-refractivity contribution in [2.45, 2.75) is 12.8 Å². The summed E-state index contributed by atoms with van der Waals surface area (Å²) >= 11 is 0. The third kappa shape index (κ3) is 4.56. The second-order valence-corrected chi connectivity index (χ2v) is 5.99. The van der Waals surface area contributed by atoms with Crippen molar-refractivity contribution >= 4 is 23.2 Å². The van der Waals surface area contributed by atoms with E-state index in [1.54, 1.807) is 0 Å². The lowest BCUT2D eigenvalue weighted by molar-refractivity contribution is -0.123. The number of benzene rings is 2. The molecule has 2 N–H and O–H groups in total. The van der Waals surface area contributed by atoms with Crippen molar-refractivity contribution in [3.8, 4) is 0 Å². The maximum atomic E-state index is 12.8. The molecule has 0 radical (unpaired) electrons. The van der Waals surface area contributed by atoms with E-state index in [1.807, 2.05) is 23.1 Å². The number of fused-ring (bicyclic) bond motifs is 1. The molecular weight excluding hydrogens is 321 g/mol. The number of aryl methyl sites for hydroxylation is 1. The van der Waals surface area contributed by atoms with E-state index in [9.17, 15) is 14.0 Å². The summed E-state index contributed by atoms with van der Waals surface area (Å²) in [5.74, 6) is -0.918. The van der Waals surface area contributed by atoms with Crippen molar-refractivity contribution < 1.29 is 14.0 Å². The maximum absolute atomic E-state index is 12.8. The third-order valence-electron chi connectivity index (χ3n) is 4.12. The third-order valence-corrected chi connectivity index (χ3v) is 4.12. The van der Waals surface area contributed by atoms with Gasteiger partial charge in [0.25, 0.3) is 0 Å². The average Bonchev–Trinajstić information content (AvgIpc) is 2.62. The molecule has 0 fully saturated rings. The zero-order valence-electron chi connectivity index (χ0n) is 13.8. The largest absolute Gasteiger partial charge is 0.362 e. The predicted molar refractivity (Wildman–Crippen MR) is 95.0 cm³/mol. The monoisotopic (exact) mass is 341 g/mol. The molecule has 2 aromatic carbocycles. The van der Waals surface area contributed by atoms with Crippen molar-refractivity contribution in [1.29, 1.82) is 0 Å². The van der Waals surface area contributed by atoms with Crippen molar-refractivity contribution in [2.24, 2.45) is 0 Å². The van der Waals surface area contributed by atoms with Crippen LogP contribution in [0.3, 0.4) is 0 Å². The number of amides is 2. The van der Waals surface area contributed by atoms with Gasteiger partial charge in [-0.3, -0.25) is 9.59 Å². The van der Waals surface area contributed by atoms with E-state index in [-0.39, 0.29) is 30.7 Å². The van der Waals surface area contributed by atoms with Crippen LogP contribution in [0.4, 0.5) is 15.8 Å². The molecule has 5 nitrogen and oxygen atoms in total. The molecule has 0 bridgehead atoms. The van der Waals surface area contributed by atoms with Crippen LogP contribution in [-0.2, 0) is 16.0 Å². The number of hydrogen-bond acceptors (Lipinski definition) is 3. The molecule has 2 amide bonds. The molecule has 0 saturated carbocycles. The standard InChI is InChI=1S/C19H20FN3O2/c20-15-7-9-16(10-8-15)22-18(24)12-21-19(25)13-23-11-3-5-14-4-1-2-6-17(14)23/h1-2,4,6-10H,3,5,11-13H2,(H,21,25)(H,22,24). The van der Waals surface area contributed by atoms with Crippen molar-refractivity contribution in [2.75, 3.05) is 29.9 Å². The highest BCUT2D eigenvalue weighted by atomic mass is 19.1. The molecule has 1 aliphatic rings. The summed E-state index contributed by atoms with van der Waals surface area (Å²) in [5, 5.41) is 5.24. The molecule has 0 spiro atoms.